The molecule has 2 saturated heterocycles. The Labute approximate surface area is 164 Å². The summed E-state index contributed by atoms with van der Waals surface area (Å²) in [6.45, 7) is 3.44. The number of anilines is 1. The fraction of sp³-hybridized carbons (Fsp3) is 0.600. The Bertz CT molecular complexity index is 779. The highest BCUT2D eigenvalue weighted by atomic mass is 35.5. The van der Waals surface area contributed by atoms with Gasteiger partial charge >= 0.3 is 0 Å². The van der Waals surface area contributed by atoms with Gasteiger partial charge in [0.1, 0.15) is 5.52 Å². The third-order valence-corrected chi connectivity index (χ3v) is 5.91. The van der Waals surface area contributed by atoms with Crippen LogP contribution in [0.3, 0.4) is 0 Å². The van der Waals surface area contributed by atoms with E-state index in [1.165, 1.54) is 19.3 Å². The van der Waals surface area contributed by atoms with Crippen molar-refractivity contribution in [2.24, 2.45) is 5.92 Å². The van der Waals surface area contributed by atoms with Crippen LogP contribution < -0.4 is 15.5 Å². The minimum Gasteiger partial charge on any atom is -0.423 e. The van der Waals surface area contributed by atoms with Gasteiger partial charge in [-0.15, -0.1) is 0 Å². The first-order valence-corrected chi connectivity index (χ1v) is 10.4. The molecule has 0 bridgehead atoms. The molecule has 1 atom stereocenters. The molecular formula is C20H27ClN4O2. The van der Waals surface area contributed by atoms with Crippen molar-refractivity contribution in [2.45, 2.75) is 44.6 Å². The highest BCUT2D eigenvalue weighted by Gasteiger charge is 2.27. The molecule has 2 fully saturated rings. The first kappa shape index (κ1) is 18.6. The molecule has 0 radical (unpaired) electrons. The standard InChI is InChI=1S/C20H27ClN4O2/c21-15-4-5-17-18(13-15)27-20(24-17)25-11-7-14(8-12-25)19(26)23-10-6-16-3-1-2-9-22-16/h4-5,13-14,16,22H,1-3,6-12H2,(H,23,26). The van der Waals surface area contributed by atoms with E-state index in [1.807, 2.05) is 12.1 Å². The van der Waals surface area contributed by atoms with Crippen LogP contribution in [0.2, 0.25) is 5.02 Å². The van der Waals surface area contributed by atoms with Crippen LogP contribution in [0.4, 0.5) is 6.01 Å². The molecule has 2 aliphatic heterocycles. The van der Waals surface area contributed by atoms with Gasteiger partial charge in [0, 0.05) is 42.7 Å². The Hall–Kier alpha value is -1.79. The summed E-state index contributed by atoms with van der Waals surface area (Å²) in [6, 6.07) is 6.65. The zero-order valence-corrected chi connectivity index (χ0v) is 16.3. The van der Waals surface area contributed by atoms with Crippen LogP contribution in [-0.4, -0.2) is 43.1 Å². The van der Waals surface area contributed by atoms with Crippen LogP contribution in [0.15, 0.2) is 22.6 Å². The molecule has 1 unspecified atom stereocenters. The minimum absolute atomic E-state index is 0.0828. The van der Waals surface area contributed by atoms with E-state index < -0.39 is 0 Å². The Morgan fingerprint density at radius 2 is 2.15 bits per heavy atom. The molecule has 2 aliphatic rings. The molecule has 2 N–H and O–H groups in total. The van der Waals surface area contributed by atoms with Gasteiger partial charge in [-0.2, -0.15) is 4.98 Å². The Kier molecular flexibility index (Phi) is 5.83. The number of nitrogens with zero attached hydrogens (tertiary/aromatic N) is 2. The highest BCUT2D eigenvalue weighted by molar-refractivity contribution is 6.31. The predicted molar refractivity (Wildman–Crippen MR) is 107 cm³/mol. The number of carbonyl (C=O) groups excluding carboxylic acids is 1. The maximum absolute atomic E-state index is 12.5. The lowest BCUT2D eigenvalue weighted by Gasteiger charge is -2.30. The van der Waals surface area contributed by atoms with Crippen molar-refractivity contribution in [2.75, 3.05) is 31.1 Å². The van der Waals surface area contributed by atoms with Gasteiger partial charge in [-0.25, -0.2) is 0 Å². The maximum Gasteiger partial charge on any atom is 0.298 e. The van der Waals surface area contributed by atoms with Crippen molar-refractivity contribution >= 4 is 34.6 Å². The molecule has 0 saturated carbocycles. The molecule has 27 heavy (non-hydrogen) atoms. The molecule has 4 rings (SSSR count). The molecule has 3 heterocycles. The van der Waals surface area contributed by atoms with Crippen LogP contribution in [0.1, 0.15) is 38.5 Å². The molecule has 0 spiro atoms. The van der Waals surface area contributed by atoms with Crippen molar-refractivity contribution in [1.82, 2.24) is 15.6 Å². The fourth-order valence-corrected chi connectivity index (χ4v) is 4.20. The van der Waals surface area contributed by atoms with Gasteiger partial charge in [-0.3, -0.25) is 4.79 Å². The van der Waals surface area contributed by atoms with Gasteiger partial charge in [0.25, 0.3) is 6.01 Å². The number of amides is 1. The summed E-state index contributed by atoms with van der Waals surface area (Å²) < 4.78 is 5.84. The Balaban J connectivity index is 1.24. The van der Waals surface area contributed by atoms with Crippen molar-refractivity contribution in [3.8, 4) is 0 Å². The predicted octanol–water partition coefficient (Wildman–Crippen LogP) is 3.35. The lowest BCUT2D eigenvalue weighted by molar-refractivity contribution is -0.125. The number of halogens is 1. The van der Waals surface area contributed by atoms with E-state index in [4.69, 9.17) is 16.0 Å². The summed E-state index contributed by atoms with van der Waals surface area (Å²) in [5.41, 5.74) is 1.51. The summed E-state index contributed by atoms with van der Waals surface area (Å²) in [5.74, 6) is 0.272. The molecular weight excluding hydrogens is 364 g/mol. The van der Waals surface area contributed by atoms with E-state index in [0.717, 1.165) is 51.0 Å². The molecule has 1 aromatic heterocycles. The largest absolute Gasteiger partial charge is 0.423 e. The van der Waals surface area contributed by atoms with E-state index in [2.05, 4.69) is 20.5 Å². The Morgan fingerprint density at radius 3 is 2.93 bits per heavy atom. The lowest BCUT2D eigenvalue weighted by atomic mass is 9.96. The summed E-state index contributed by atoms with van der Waals surface area (Å²) >= 11 is 6.01. The average molecular weight is 391 g/mol. The van der Waals surface area contributed by atoms with E-state index in [0.29, 0.717) is 22.7 Å². The van der Waals surface area contributed by atoms with Crippen LogP contribution in [0.25, 0.3) is 11.1 Å². The van der Waals surface area contributed by atoms with Gasteiger partial charge < -0.3 is 20.0 Å². The number of rotatable bonds is 5. The second kappa shape index (κ2) is 8.48. The number of oxazole rings is 1. The number of aromatic nitrogens is 1. The summed E-state index contributed by atoms with van der Waals surface area (Å²) in [5, 5.41) is 7.30. The van der Waals surface area contributed by atoms with Gasteiger partial charge in [0.2, 0.25) is 5.91 Å². The number of hydrogen-bond donors (Lipinski definition) is 2. The summed E-state index contributed by atoms with van der Waals surface area (Å²) in [7, 11) is 0. The average Bonchev–Trinajstić information content (AvgIpc) is 3.12. The van der Waals surface area contributed by atoms with Crippen LogP contribution in [0.5, 0.6) is 0 Å². The number of fused-ring (bicyclic) bond motifs is 1. The molecule has 2 aromatic rings. The fourth-order valence-electron chi connectivity index (χ4n) is 4.04. The minimum atomic E-state index is 0.0828. The molecule has 6 nitrogen and oxygen atoms in total. The second-order valence-electron chi connectivity index (χ2n) is 7.60. The van der Waals surface area contributed by atoms with Gasteiger partial charge in [-0.05, 0) is 50.8 Å². The number of carbonyl (C=O) groups is 1. The van der Waals surface area contributed by atoms with Gasteiger partial charge in [0.15, 0.2) is 5.58 Å². The molecule has 1 amide bonds. The number of piperidine rings is 2. The number of benzene rings is 1. The third kappa shape index (κ3) is 4.55. The number of hydrogen-bond acceptors (Lipinski definition) is 5. The van der Waals surface area contributed by atoms with Crippen LogP contribution >= 0.6 is 11.6 Å². The maximum atomic E-state index is 12.5. The molecule has 7 heteroatoms. The Morgan fingerprint density at radius 1 is 1.30 bits per heavy atom. The second-order valence-corrected chi connectivity index (χ2v) is 8.03. The molecule has 146 valence electrons. The van der Waals surface area contributed by atoms with Gasteiger partial charge in [0.05, 0.1) is 0 Å². The monoisotopic (exact) mass is 390 g/mol. The topological polar surface area (TPSA) is 70.4 Å². The number of nitrogens with one attached hydrogen (secondary N) is 2. The quantitative estimate of drug-likeness (QED) is 0.819. The zero-order valence-electron chi connectivity index (χ0n) is 15.5. The zero-order chi connectivity index (χ0) is 18.6. The first-order valence-electron chi connectivity index (χ1n) is 10.0. The first-order chi connectivity index (χ1) is 13.2. The SMILES string of the molecule is O=C(NCCC1CCCCN1)C1CCN(c2nc3ccc(Cl)cc3o2)CC1. The van der Waals surface area contributed by atoms with E-state index in [9.17, 15) is 4.79 Å². The highest BCUT2D eigenvalue weighted by Crippen LogP contribution is 2.28. The summed E-state index contributed by atoms with van der Waals surface area (Å²) in [4.78, 5) is 19.1. The van der Waals surface area contributed by atoms with Crippen molar-refractivity contribution in [3.63, 3.8) is 0 Å². The van der Waals surface area contributed by atoms with Crippen molar-refractivity contribution in [1.29, 1.82) is 0 Å². The van der Waals surface area contributed by atoms with E-state index in [-0.39, 0.29) is 11.8 Å². The van der Waals surface area contributed by atoms with Crippen molar-refractivity contribution < 1.29 is 9.21 Å². The summed E-state index contributed by atoms with van der Waals surface area (Å²) in [6.07, 6.45) is 6.47. The lowest BCUT2D eigenvalue weighted by Crippen LogP contribution is -2.42. The van der Waals surface area contributed by atoms with E-state index in [1.54, 1.807) is 6.07 Å². The third-order valence-electron chi connectivity index (χ3n) is 5.68. The molecule has 1 aromatic carbocycles. The van der Waals surface area contributed by atoms with Crippen molar-refractivity contribution in [3.05, 3.63) is 23.2 Å². The normalized spacial score (nSPS) is 21.5. The van der Waals surface area contributed by atoms with Crippen LogP contribution in [0, 0.1) is 5.92 Å². The van der Waals surface area contributed by atoms with Gasteiger partial charge in [-0.1, -0.05) is 18.0 Å². The van der Waals surface area contributed by atoms with Crippen LogP contribution in [-0.2, 0) is 4.79 Å². The smallest absolute Gasteiger partial charge is 0.298 e. The molecule has 0 aliphatic carbocycles. The van der Waals surface area contributed by atoms with E-state index >= 15 is 0 Å².